The summed E-state index contributed by atoms with van der Waals surface area (Å²) in [7, 11) is 0. The number of hydrogen-bond acceptors (Lipinski definition) is 9. The molecule has 2 aromatic heterocycles. The van der Waals surface area contributed by atoms with Crippen molar-refractivity contribution in [1.82, 2.24) is 35.6 Å². The molecule has 3 heterocycles. The molecule has 1 aliphatic heterocycles. The third kappa shape index (κ3) is 4.05. The van der Waals surface area contributed by atoms with E-state index in [-0.39, 0.29) is 17.3 Å². The van der Waals surface area contributed by atoms with Crippen LogP contribution in [0.1, 0.15) is 41.5 Å². The van der Waals surface area contributed by atoms with Crippen LogP contribution in [0.4, 0.5) is 5.82 Å². The van der Waals surface area contributed by atoms with E-state index < -0.39 is 5.91 Å². The van der Waals surface area contributed by atoms with E-state index in [1.54, 1.807) is 0 Å². The predicted molar refractivity (Wildman–Crippen MR) is 122 cm³/mol. The summed E-state index contributed by atoms with van der Waals surface area (Å²) in [6.45, 7) is 4.22. The van der Waals surface area contributed by atoms with Gasteiger partial charge in [-0.15, -0.1) is 5.10 Å². The van der Waals surface area contributed by atoms with Crippen LogP contribution in [-0.4, -0.2) is 54.9 Å². The average molecular weight is 445 g/mol. The number of fused-ring (bicyclic) bond motifs is 1. The molecule has 1 saturated heterocycles. The molecular formula is C22H23N9O2. The van der Waals surface area contributed by atoms with Crippen molar-refractivity contribution in [1.29, 1.82) is 0 Å². The van der Waals surface area contributed by atoms with Crippen molar-refractivity contribution in [2.24, 2.45) is 5.10 Å². The topological polar surface area (TPSA) is 140 Å². The maximum Gasteiger partial charge on any atom is 0.292 e. The van der Waals surface area contributed by atoms with Crippen molar-refractivity contribution in [3.63, 3.8) is 0 Å². The number of nitrogens with zero attached hydrogens (tertiary/aromatic N) is 7. The number of carbonyl (C=O) groups excluding carboxylic acids is 1. The van der Waals surface area contributed by atoms with Crippen molar-refractivity contribution in [2.45, 2.75) is 26.3 Å². The van der Waals surface area contributed by atoms with Gasteiger partial charge in [-0.2, -0.15) is 9.78 Å². The molecule has 0 spiro atoms. The number of rotatable bonds is 6. The first-order valence-electron chi connectivity index (χ1n) is 10.7. The van der Waals surface area contributed by atoms with Crippen LogP contribution in [0.2, 0.25) is 0 Å². The molecule has 1 aliphatic rings. The molecule has 1 amide bonds. The van der Waals surface area contributed by atoms with E-state index in [0.29, 0.717) is 18.0 Å². The molecule has 2 aromatic carbocycles. The van der Waals surface area contributed by atoms with E-state index in [2.05, 4.69) is 36.1 Å². The molecule has 0 unspecified atom stereocenters. The van der Waals surface area contributed by atoms with Crippen LogP contribution in [0.15, 0.2) is 52.2 Å². The number of anilines is 1. The third-order valence-electron chi connectivity index (χ3n) is 5.73. The fourth-order valence-electron chi connectivity index (χ4n) is 4.07. The van der Waals surface area contributed by atoms with E-state index in [1.165, 1.54) is 4.68 Å². The van der Waals surface area contributed by atoms with Crippen LogP contribution in [0.5, 0.6) is 0 Å². The van der Waals surface area contributed by atoms with E-state index in [1.807, 2.05) is 49.4 Å². The summed E-state index contributed by atoms with van der Waals surface area (Å²) < 4.78 is 5.94. The Bertz CT molecular complexity index is 1330. The molecule has 3 N–H and O–H groups in total. The van der Waals surface area contributed by atoms with Crippen LogP contribution in [-0.2, 0) is 6.54 Å². The fraction of sp³-hybridized carbons (Fsp3) is 0.273. The number of hydrazone groups is 1. The molecule has 0 aliphatic carbocycles. The number of benzene rings is 2. The molecule has 11 nitrogen and oxygen atoms in total. The van der Waals surface area contributed by atoms with Gasteiger partial charge in [0.2, 0.25) is 11.6 Å². The van der Waals surface area contributed by atoms with E-state index >= 15 is 0 Å². The third-order valence-corrected chi connectivity index (χ3v) is 5.73. The monoisotopic (exact) mass is 445 g/mol. The van der Waals surface area contributed by atoms with Crippen molar-refractivity contribution in [3.05, 3.63) is 59.4 Å². The molecule has 33 heavy (non-hydrogen) atoms. The Hall–Kier alpha value is -4.12. The van der Waals surface area contributed by atoms with Gasteiger partial charge in [-0.25, -0.2) is 10.1 Å². The average Bonchev–Trinajstić information content (AvgIpc) is 3.58. The molecule has 5 rings (SSSR count). The highest BCUT2D eigenvalue weighted by atomic mass is 16.6. The maximum atomic E-state index is 13.3. The van der Waals surface area contributed by atoms with Gasteiger partial charge in [-0.05, 0) is 53.9 Å². The van der Waals surface area contributed by atoms with Gasteiger partial charge in [0.05, 0.1) is 5.71 Å². The summed E-state index contributed by atoms with van der Waals surface area (Å²) in [5.41, 5.74) is 10.8. The highest BCUT2D eigenvalue weighted by Gasteiger charge is 2.27. The minimum absolute atomic E-state index is 0.0112. The van der Waals surface area contributed by atoms with Gasteiger partial charge < -0.3 is 5.73 Å². The summed E-state index contributed by atoms with van der Waals surface area (Å²) in [5, 5.41) is 22.2. The van der Waals surface area contributed by atoms with Gasteiger partial charge in [0.1, 0.15) is 5.69 Å². The molecule has 0 atom stereocenters. The lowest BCUT2D eigenvalue weighted by Crippen LogP contribution is -2.26. The lowest BCUT2D eigenvalue weighted by molar-refractivity contribution is 0.0945. The Kier molecular flexibility index (Phi) is 5.53. The molecule has 168 valence electrons. The highest BCUT2D eigenvalue weighted by Crippen LogP contribution is 2.20. The number of nitrogens with one attached hydrogen (secondary N) is 1. The summed E-state index contributed by atoms with van der Waals surface area (Å²) in [4.78, 5) is 15.5. The zero-order valence-corrected chi connectivity index (χ0v) is 18.1. The Labute approximate surface area is 189 Å². The van der Waals surface area contributed by atoms with Gasteiger partial charge in [-0.3, -0.25) is 9.69 Å². The summed E-state index contributed by atoms with van der Waals surface area (Å²) in [5.74, 6) is -0.358. The number of likely N-dealkylation sites (tertiary alicyclic amines) is 1. The molecular weight excluding hydrogens is 422 g/mol. The molecule has 11 heteroatoms. The standard InChI is InChI=1S/C22H23N9O2/c1-14(16-10-6-8-15-7-2-3-9-17(15)16)24-26-22(32)19-18(13-30-11-4-5-12-30)25-29-31(19)21-20(23)27-33-28-21/h2-3,6-10H,4-5,11-13H2,1H3,(H2,23,27)(H,26,32). The van der Waals surface area contributed by atoms with Crippen LogP contribution >= 0.6 is 0 Å². The summed E-state index contributed by atoms with van der Waals surface area (Å²) in [6, 6.07) is 14.0. The fourth-order valence-corrected chi connectivity index (χ4v) is 4.07. The van der Waals surface area contributed by atoms with Crippen LogP contribution in [0.3, 0.4) is 0 Å². The first-order chi connectivity index (χ1) is 16.1. The minimum Gasteiger partial charge on any atom is -0.378 e. The molecule has 4 aromatic rings. The smallest absolute Gasteiger partial charge is 0.292 e. The van der Waals surface area contributed by atoms with Crippen LogP contribution < -0.4 is 11.2 Å². The van der Waals surface area contributed by atoms with Crippen LogP contribution in [0.25, 0.3) is 16.6 Å². The SMILES string of the molecule is CC(=NNC(=O)c1c(CN2CCCC2)nnn1-c1nonc1N)c1cccc2ccccc12. The lowest BCUT2D eigenvalue weighted by Gasteiger charge is -2.13. The number of hydrogen-bond donors (Lipinski definition) is 2. The predicted octanol–water partition coefficient (Wildman–Crippen LogP) is 2.14. The Morgan fingerprint density at radius 3 is 2.73 bits per heavy atom. The second kappa shape index (κ2) is 8.79. The minimum atomic E-state index is -0.476. The second-order valence-electron chi connectivity index (χ2n) is 7.92. The lowest BCUT2D eigenvalue weighted by atomic mass is 10.0. The van der Waals surface area contributed by atoms with E-state index in [9.17, 15) is 4.79 Å². The Morgan fingerprint density at radius 1 is 1.15 bits per heavy atom. The first-order valence-corrected chi connectivity index (χ1v) is 10.7. The molecule has 0 radical (unpaired) electrons. The quantitative estimate of drug-likeness (QED) is 0.340. The normalized spacial score (nSPS) is 14.8. The summed E-state index contributed by atoms with van der Waals surface area (Å²) >= 11 is 0. The first kappa shape index (κ1) is 20.8. The van der Waals surface area contributed by atoms with Crippen molar-refractivity contribution >= 4 is 28.2 Å². The zero-order valence-electron chi connectivity index (χ0n) is 18.1. The Morgan fingerprint density at radius 2 is 1.94 bits per heavy atom. The van der Waals surface area contributed by atoms with E-state index in [4.69, 9.17) is 10.4 Å². The molecule has 0 saturated carbocycles. The molecule has 1 fully saturated rings. The maximum absolute atomic E-state index is 13.3. The number of nitrogen functional groups attached to an aromatic ring is 1. The van der Waals surface area contributed by atoms with Crippen molar-refractivity contribution in [2.75, 3.05) is 18.8 Å². The largest absolute Gasteiger partial charge is 0.378 e. The number of amides is 1. The van der Waals surface area contributed by atoms with Gasteiger partial charge in [0.15, 0.2) is 5.69 Å². The van der Waals surface area contributed by atoms with Crippen LogP contribution in [0, 0.1) is 0 Å². The Balaban J connectivity index is 1.46. The van der Waals surface area contributed by atoms with Gasteiger partial charge in [-0.1, -0.05) is 47.7 Å². The van der Waals surface area contributed by atoms with Crippen molar-refractivity contribution < 1.29 is 9.42 Å². The zero-order chi connectivity index (χ0) is 22.8. The molecule has 0 bridgehead atoms. The van der Waals surface area contributed by atoms with Gasteiger partial charge in [0.25, 0.3) is 5.91 Å². The van der Waals surface area contributed by atoms with Gasteiger partial charge in [0, 0.05) is 12.1 Å². The number of nitrogens with two attached hydrogens (primary N) is 1. The second-order valence-corrected chi connectivity index (χ2v) is 7.92. The number of carbonyl (C=O) groups is 1. The van der Waals surface area contributed by atoms with Crippen molar-refractivity contribution in [3.8, 4) is 5.82 Å². The van der Waals surface area contributed by atoms with E-state index in [0.717, 1.165) is 42.3 Å². The number of aromatic nitrogens is 5. The van der Waals surface area contributed by atoms with Gasteiger partial charge >= 0.3 is 0 Å². The highest BCUT2D eigenvalue weighted by molar-refractivity contribution is 6.10. The summed E-state index contributed by atoms with van der Waals surface area (Å²) in [6.07, 6.45) is 2.23.